The van der Waals surface area contributed by atoms with Crippen LogP contribution in [0.4, 0.5) is 5.69 Å². The smallest absolute Gasteiger partial charge is 0.182 e. The van der Waals surface area contributed by atoms with Gasteiger partial charge in [-0.15, -0.1) is 5.10 Å². The fourth-order valence-electron chi connectivity index (χ4n) is 2.50. The van der Waals surface area contributed by atoms with Gasteiger partial charge >= 0.3 is 0 Å². The summed E-state index contributed by atoms with van der Waals surface area (Å²) in [5, 5.41) is 12.6. The number of nitrogens with zero attached hydrogens (tertiary/aromatic N) is 4. The van der Waals surface area contributed by atoms with Crippen LogP contribution < -0.4 is 5.73 Å². The van der Waals surface area contributed by atoms with Crippen LogP contribution in [0.25, 0.3) is 11.4 Å². The number of halogens is 1. The molecule has 1 aliphatic carbocycles. The molecule has 0 saturated heterocycles. The summed E-state index contributed by atoms with van der Waals surface area (Å²) in [6.07, 6.45) is 3.42. The molecule has 1 fully saturated rings. The van der Waals surface area contributed by atoms with Gasteiger partial charge in [0.15, 0.2) is 5.82 Å². The average Bonchev–Trinajstić information content (AvgIpc) is 3.08. The van der Waals surface area contributed by atoms with Crippen LogP contribution >= 0.6 is 11.6 Å². The zero-order chi connectivity index (χ0) is 14.9. The third-order valence-corrected chi connectivity index (χ3v) is 4.41. The van der Waals surface area contributed by atoms with Crippen LogP contribution in [0.1, 0.15) is 19.3 Å². The minimum Gasteiger partial charge on any atom is -0.398 e. The SMILES string of the molecule is COCCC1(Cn2nnnc2-c2ccc(Cl)c(N)c2)CC1. The molecule has 0 unspecified atom stereocenters. The molecule has 21 heavy (non-hydrogen) atoms. The lowest BCUT2D eigenvalue weighted by Gasteiger charge is -2.15. The van der Waals surface area contributed by atoms with Crippen molar-refractivity contribution in [3.63, 3.8) is 0 Å². The number of rotatable bonds is 6. The number of tetrazole rings is 1. The second kappa shape index (κ2) is 5.61. The molecule has 0 atom stereocenters. The fourth-order valence-corrected chi connectivity index (χ4v) is 2.62. The van der Waals surface area contributed by atoms with E-state index < -0.39 is 0 Å². The monoisotopic (exact) mass is 307 g/mol. The molecule has 1 saturated carbocycles. The topological polar surface area (TPSA) is 78.8 Å². The molecule has 1 heterocycles. The van der Waals surface area contributed by atoms with Gasteiger partial charge < -0.3 is 10.5 Å². The Morgan fingerprint density at radius 2 is 2.24 bits per heavy atom. The Kier molecular flexibility index (Phi) is 3.82. The number of hydrogen-bond acceptors (Lipinski definition) is 5. The number of ether oxygens (including phenoxy) is 1. The van der Waals surface area contributed by atoms with Gasteiger partial charge in [0.1, 0.15) is 0 Å². The van der Waals surface area contributed by atoms with Gasteiger partial charge in [-0.05, 0) is 53.3 Å². The van der Waals surface area contributed by atoms with Crippen LogP contribution in [-0.2, 0) is 11.3 Å². The second-order valence-electron chi connectivity index (χ2n) is 5.64. The lowest BCUT2D eigenvalue weighted by molar-refractivity contribution is 0.165. The summed E-state index contributed by atoms with van der Waals surface area (Å²) in [5.74, 6) is 0.724. The molecule has 3 rings (SSSR count). The first-order valence-electron chi connectivity index (χ1n) is 6.94. The zero-order valence-electron chi connectivity index (χ0n) is 11.9. The van der Waals surface area contributed by atoms with Crippen LogP contribution in [-0.4, -0.2) is 33.9 Å². The third kappa shape index (κ3) is 3.01. The maximum absolute atomic E-state index is 5.96. The highest BCUT2D eigenvalue weighted by molar-refractivity contribution is 6.33. The summed E-state index contributed by atoms with van der Waals surface area (Å²) >= 11 is 5.96. The summed E-state index contributed by atoms with van der Waals surface area (Å²) in [5.41, 5.74) is 7.54. The average molecular weight is 308 g/mol. The van der Waals surface area contributed by atoms with Gasteiger partial charge in [-0.25, -0.2) is 4.68 Å². The first kappa shape index (κ1) is 14.3. The van der Waals surface area contributed by atoms with Crippen molar-refractivity contribution in [3.8, 4) is 11.4 Å². The normalized spacial score (nSPS) is 16.1. The molecule has 2 N–H and O–H groups in total. The van der Waals surface area contributed by atoms with Crippen LogP contribution in [0.15, 0.2) is 18.2 Å². The number of anilines is 1. The van der Waals surface area contributed by atoms with Gasteiger partial charge in [-0.3, -0.25) is 0 Å². The molecule has 0 spiro atoms. The van der Waals surface area contributed by atoms with E-state index in [9.17, 15) is 0 Å². The Labute approximate surface area is 128 Å². The number of nitrogens with two attached hydrogens (primary N) is 1. The molecular weight excluding hydrogens is 290 g/mol. The van der Waals surface area contributed by atoms with Gasteiger partial charge in [-0.2, -0.15) is 0 Å². The molecule has 6 nitrogen and oxygen atoms in total. The molecule has 2 aromatic rings. The first-order valence-corrected chi connectivity index (χ1v) is 7.32. The van der Waals surface area contributed by atoms with E-state index in [4.69, 9.17) is 22.1 Å². The summed E-state index contributed by atoms with van der Waals surface area (Å²) < 4.78 is 7.04. The van der Waals surface area contributed by atoms with E-state index in [0.717, 1.165) is 31.0 Å². The van der Waals surface area contributed by atoms with Gasteiger partial charge in [0.2, 0.25) is 0 Å². The molecule has 1 aliphatic rings. The summed E-state index contributed by atoms with van der Waals surface area (Å²) in [4.78, 5) is 0. The van der Waals surface area contributed by atoms with Crippen molar-refractivity contribution in [2.24, 2.45) is 5.41 Å². The summed E-state index contributed by atoms with van der Waals surface area (Å²) in [6.45, 7) is 1.58. The number of methoxy groups -OCH3 is 1. The minimum atomic E-state index is 0.276. The van der Waals surface area contributed by atoms with E-state index in [1.807, 2.05) is 10.7 Å². The number of hydrogen-bond donors (Lipinski definition) is 1. The van der Waals surface area contributed by atoms with Crippen molar-refractivity contribution in [2.75, 3.05) is 19.5 Å². The summed E-state index contributed by atoms with van der Waals surface area (Å²) in [6, 6.07) is 5.46. The highest BCUT2D eigenvalue weighted by Crippen LogP contribution is 2.50. The quantitative estimate of drug-likeness (QED) is 0.829. The molecule has 0 radical (unpaired) electrons. The number of benzene rings is 1. The number of nitrogen functional groups attached to an aromatic ring is 1. The molecule has 0 amide bonds. The Morgan fingerprint density at radius 1 is 1.43 bits per heavy atom. The second-order valence-corrected chi connectivity index (χ2v) is 6.05. The van der Waals surface area contributed by atoms with E-state index in [2.05, 4.69) is 15.5 Å². The predicted octanol–water partition coefficient (Wildman–Crippen LogP) is 2.39. The Morgan fingerprint density at radius 3 is 2.90 bits per heavy atom. The molecule has 7 heteroatoms. The van der Waals surface area contributed by atoms with Crippen LogP contribution in [0.2, 0.25) is 5.02 Å². The van der Waals surface area contributed by atoms with E-state index in [0.29, 0.717) is 10.7 Å². The maximum atomic E-state index is 5.96. The summed E-state index contributed by atoms with van der Waals surface area (Å²) in [7, 11) is 1.73. The zero-order valence-corrected chi connectivity index (χ0v) is 12.7. The highest BCUT2D eigenvalue weighted by Gasteiger charge is 2.43. The minimum absolute atomic E-state index is 0.276. The maximum Gasteiger partial charge on any atom is 0.182 e. The lowest BCUT2D eigenvalue weighted by Crippen LogP contribution is -2.16. The molecule has 1 aromatic carbocycles. The van der Waals surface area contributed by atoms with E-state index in [-0.39, 0.29) is 5.41 Å². The van der Waals surface area contributed by atoms with Crippen LogP contribution in [0.5, 0.6) is 0 Å². The Bertz CT molecular complexity index is 638. The van der Waals surface area contributed by atoms with Crippen molar-refractivity contribution in [3.05, 3.63) is 23.2 Å². The molecule has 1 aromatic heterocycles. The predicted molar refractivity (Wildman–Crippen MR) is 80.8 cm³/mol. The standard InChI is InChI=1S/C14H18ClN5O/c1-21-7-6-14(4-5-14)9-20-13(17-18-19-20)10-2-3-11(15)12(16)8-10/h2-3,8H,4-7,9,16H2,1H3. The first-order chi connectivity index (χ1) is 10.1. The Hall–Kier alpha value is -1.66. The van der Waals surface area contributed by atoms with Gasteiger partial charge in [0.05, 0.1) is 17.3 Å². The highest BCUT2D eigenvalue weighted by atomic mass is 35.5. The number of aromatic nitrogens is 4. The van der Waals surface area contributed by atoms with Gasteiger partial charge in [0.25, 0.3) is 0 Å². The van der Waals surface area contributed by atoms with Crippen molar-refractivity contribution >= 4 is 17.3 Å². The van der Waals surface area contributed by atoms with Crippen LogP contribution in [0.3, 0.4) is 0 Å². The van der Waals surface area contributed by atoms with Crippen molar-refractivity contribution < 1.29 is 4.74 Å². The molecular formula is C14H18ClN5O. The third-order valence-electron chi connectivity index (χ3n) is 4.06. The van der Waals surface area contributed by atoms with Crippen molar-refractivity contribution in [2.45, 2.75) is 25.8 Å². The largest absolute Gasteiger partial charge is 0.398 e. The van der Waals surface area contributed by atoms with Crippen molar-refractivity contribution in [1.82, 2.24) is 20.2 Å². The van der Waals surface area contributed by atoms with E-state index in [1.165, 1.54) is 12.8 Å². The molecule has 0 aliphatic heterocycles. The fraction of sp³-hybridized carbons (Fsp3) is 0.500. The molecule has 0 bridgehead atoms. The van der Waals surface area contributed by atoms with E-state index in [1.54, 1.807) is 19.2 Å². The van der Waals surface area contributed by atoms with E-state index >= 15 is 0 Å². The van der Waals surface area contributed by atoms with Crippen LogP contribution in [0, 0.1) is 5.41 Å². The molecule has 112 valence electrons. The van der Waals surface area contributed by atoms with Gasteiger partial charge in [-0.1, -0.05) is 11.6 Å². The van der Waals surface area contributed by atoms with Crippen molar-refractivity contribution in [1.29, 1.82) is 0 Å². The lowest BCUT2D eigenvalue weighted by atomic mass is 10.0. The van der Waals surface area contributed by atoms with Gasteiger partial charge in [0, 0.05) is 19.3 Å². The Balaban J connectivity index is 1.82.